The molecule has 1 aromatic rings. The largest absolute Gasteiger partial charge is 0.481 e. The van der Waals surface area contributed by atoms with Crippen molar-refractivity contribution >= 4 is 45.1 Å². The van der Waals surface area contributed by atoms with Gasteiger partial charge in [0.2, 0.25) is 5.91 Å². The lowest BCUT2D eigenvalue weighted by atomic mass is 10.2. The zero-order valence-electron chi connectivity index (χ0n) is 8.61. The molecule has 0 aliphatic heterocycles. The molecule has 0 bridgehead atoms. The highest BCUT2D eigenvalue weighted by atomic mass is 79.9. The van der Waals surface area contributed by atoms with E-state index in [9.17, 15) is 9.59 Å². The number of aliphatic carboxylic acids is 1. The number of carboxylic acid groups (broad SMARTS) is 1. The van der Waals surface area contributed by atoms with Crippen LogP contribution in [0.25, 0.3) is 0 Å². The van der Waals surface area contributed by atoms with Gasteiger partial charge in [-0.15, -0.1) is 0 Å². The first-order valence-electron chi connectivity index (χ1n) is 4.64. The van der Waals surface area contributed by atoms with Gasteiger partial charge in [0.25, 0.3) is 0 Å². The molecule has 1 atom stereocenters. The second-order valence-corrected chi connectivity index (χ2v) is 4.50. The summed E-state index contributed by atoms with van der Waals surface area (Å²) < 4.78 is 0.526. The normalized spacial score (nSPS) is 11.9. The fourth-order valence-electron chi connectivity index (χ4n) is 1.11. The Morgan fingerprint density at radius 2 is 2.18 bits per heavy atom. The van der Waals surface area contributed by atoms with E-state index in [2.05, 4.69) is 21.2 Å². The quantitative estimate of drug-likeness (QED) is 0.789. The summed E-state index contributed by atoms with van der Waals surface area (Å²) in [6.07, 6.45) is -0.427. The summed E-state index contributed by atoms with van der Waals surface area (Å²) in [6.45, 7) is 0. The van der Waals surface area contributed by atoms with Crippen molar-refractivity contribution in [2.75, 3.05) is 5.32 Å². The Labute approximate surface area is 111 Å². The maximum absolute atomic E-state index is 11.5. The Bertz CT molecular complexity index is 453. The van der Waals surface area contributed by atoms with Gasteiger partial charge >= 0.3 is 5.97 Å². The van der Waals surface area contributed by atoms with Crippen LogP contribution in [0.3, 0.4) is 0 Å². The Kier molecular flexibility index (Phi) is 4.92. The summed E-state index contributed by atoms with van der Waals surface area (Å²) in [7, 11) is 0. The topological polar surface area (TPSA) is 92.4 Å². The van der Waals surface area contributed by atoms with E-state index in [1.165, 1.54) is 0 Å². The zero-order chi connectivity index (χ0) is 13.0. The summed E-state index contributed by atoms with van der Waals surface area (Å²) in [5.74, 6) is -1.70. The first kappa shape index (κ1) is 14.0. The van der Waals surface area contributed by atoms with Crippen LogP contribution in [0.4, 0.5) is 5.69 Å². The Morgan fingerprint density at radius 1 is 1.53 bits per heavy atom. The average Bonchev–Trinajstić information content (AvgIpc) is 2.23. The molecule has 1 amide bonds. The molecule has 0 spiro atoms. The van der Waals surface area contributed by atoms with E-state index in [0.29, 0.717) is 15.2 Å². The number of rotatable bonds is 4. The number of hydrogen-bond donors (Lipinski definition) is 3. The maximum atomic E-state index is 11.5. The molecule has 4 N–H and O–H groups in total. The van der Waals surface area contributed by atoms with Crippen LogP contribution in [-0.4, -0.2) is 23.0 Å². The number of halogens is 2. The van der Waals surface area contributed by atoms with Gasteiger partial charge < -0.3 is 16.2 Å². The Balaban J connectivity index is 2.74. The van der Waals surface area contributed by atoms with Crippen LogP contribution in [-0.2, 0) is 9.59 Å². The van der Waals surface area contributed by atoms with E-state index in [1.807, 2.05) is 0 Å². The standard InChI is InChI=1S/C10H10BrClN2O3/c11-9-5(12)2-1-3-7(9)14-10(17)6(13)4-8(15)16/h1-3,6H,4,13H2,(H,14,17)(H,15,16). The van der Waals surface area contributed by atoms with Crippen molar-refractivity contribution in [2.24, 2.45) is 5.73 Å². The van der Waals surface area contributed by atoms with E-state index in [4.69, 9.17) is 22.4 Å². The number of carbonyl (C=O) groups excluding carboxylic acids is 1. The number of benzene rings is 1. The average molecular weight is 322 g/mol. The first-order chi connectivity index (χ1) is 7.91. The van der Waals surface area contributed by atoms with Gasteiger partial charge in [-0.05, 0) is 28.1 Å². The molecule has 0 aromatic heterocycles. The molecule has 0 aliphatic carbocycles. The van der Waals surface area contributed by atoms with Crippen molar-refractivity contribution < 1.29 is 14.7 Å². The molecular formula is C10H10BrClN2O3. The van der Waals surface area contributed by atoms with Gasteiger partial charge in [-0.3, -0.25) is 9.59 Å². The number of hydrogen-bond acceptors (Lipinski definition) is 3. The number of nitrogens with one attached hydrogen (secondary N) is 1. The smallest absolute Gasteiger partial charge is 0.305 e. The molecule has 1 rings (SSSR count). The molecule has 0 aliphatic rings. The van der Waals surface area contributed by atoms with E-state index in [0.717, 1.165) is 0 Å². The van der Waals surface area contributed by atoms with Crippen molar-refractivity contribution in [3.8, 4) is 0 Å². The third-order valence-corrected chi connectivity index (χ3v) is 3.34. The highest BCUT2D eigenvalue weighted by molar-refractivity contribution is 9.10. The molecule has 0 radical (unpaired) electrons. The number of nitrogens with two attached hydrogens (primary N) is 1. The summed E-state index contributed by atoms with van der Waals surface area (Å²) >= 11 is 9.04. The number of carbonyl (C=O) groups is 2. The van der Waals surface area contributed by atoms with Gasteiger partial charge in [0.15, 0.2) is 0 Å². The molecule has 0 heterocycles. The molecular weight excluding hydrogens is 311 g/mol. The van der Waals surface area contributed by atoms with Crippen molar-refractivity contribution in [1.29, 1.82) is 0 Å². The minimum atomic E-state index is -1.13. The third kappa shape index (κ3) is 3.99. The lowest BCUT2D eigenvalue weighted by molar-refractivity contribution is -0.138. The molecule has 0 saturated heterocycles. The lowest BCUT2D eigenvalue weighted by Crippen LogP contribution is -2.37. The summed E-state index contributed by atoms with van der Waals surface area (Å²) in [5.41, 5.74) is 5.86. The predicted octanol–water partition coefficient (Wildman–Crippen LogP) is 1.84. The van der Waals surface area contributed by atoms with Crippen molar-refractivity contribution in [3.63, 3.8) is 0 Å². The zero-order valence-corrected chi connectivity index (χ0v) is 11.0. The van der Waals surface area contributed by atoms with E-state index >= 15 is 0 Å². The van der Waals surface area contributed by atoms with Crippen molar-refractivity contribution in [3.05, 3.63) is 27.7 Å². The highest BCUT2D eigenvalue weighted by Crippen LogP contribution is 2.29. The van der Waals surface area contributed by atoms with Crippen molar-refractivity contribution in [2.45, 2.75) is 12.5 Å². The maximum Gasteiger partial charge on any atom is 0.305 e. The minimum absolute atomic E-state index is 0.427. The summed E-state index contributed by atoms with van der Waals surface area (Å²) in [5, 5.41) is 11.4. The van der Waals surface area contributed by atoms with Gasteiger partial charge in [0.05, 0.1) is 27.6 Å². The second-order valence-electron chi connectivity index (χ2n) is 3.29. The molecule has 7 heteroatoms. The predicted molar refractivity (Wildman–Crippen MR) is 68.0 cm³/mol. The molecule has 5 nitrogen and oxygen atoms in total. The molecule has 0 saturated carbocycles. The SMILES string of the molecule is NC(CC(=O)O)C(=O)Nc1cccc(Cl)c1Br. The first-order valence-corrected chi connectivity index (χ1v) is 5.81. The van der Waals surface area contributed by atoms with E-state index in [1.54, 1.807) is 18.2 Å². The Morgan fingerprint density at radius 3 is 2.76 bits per heavy atom. The van der Waals surface area contributed by atoms with Crippen LogP contribution in [0.2, 0.25) is 5.02 Å². The lowest BCUT2D eigenvalue weighted by Gasteiger charge is -2.12. The monoisotopic (exact) mass is 320 g/mol. The minimum Gasteiger partial charge on any atom is -0.481 e. The third-order valence-electron chi connectivity index (χ3n) is 1.94. The van der Waals surface area contributed by atoms with Crippen LogP contribution in [0.15, 0.2) is 22.7 Å². The number of amides is 1. The second kappa shape index (κ2) is 6.00. The van der Waals surface area contributed by atoms with Crippen LogP contribution < -0.4 is 11.1 Å². The fourth-order valence-corrected chi connectivity index (χ4v) is 1.64. The van der Waals surface area contributed by atoms with Gasteiger partial charge in [-0.25, -0.2) is 0 Å². The number of anilines is 1. The van der Waals surface area contributed by atoms with E-state index in [-0.39, 0.29) is 0 Å². The fraction of sp³-hybridized carbons (Fsp3) is 0.200. The number of carboxylic acids is 1. The van der Waals surface area contributed by atoms with Crippen molar-refractivity contribution in [1.82, 2.24) is 0 Å². The molecule has 1 unspecified atom stereocenters. The van der Waals surface area contributed by atoms with Crippen LogP contribution >= 0.6 is 27.5 Å². The molecule has 92 valence electrons. The summed E-state index contributed by atoms with van der Waals surface area (Å²) in [4.78, 5) is 21.9. The van der Waals surface area contributed by atoms with Crippen LogP contribution in [0, 0.1) is 0 Å². The summed E-state index contributed by atoms with van der Waals surface area (Å²) in [6, 6.07) is 3.84. The molecule has 17 heavy (non-hydrogen) atoms. The Hall–Kier alpha value is -1.11. The highest BCUT2D eigenvalue weighted by Gasteiger charge is 2.18. The van der Waals surface area contributed by atoms with Gasteiger partial charge in [0, 0.05) is 0 Å². The van der Waals surface area contributed by atoms with Gasteiger partial charge in [0.1, 0.15) is 0 Å². The van der Waals surface area contributed by atoms with Crippen LogP contribution in [0.1, 0.15) is 6.42 Å². The van der Waals surface area contributed by atoms with E-state index < -0.39 is 24.3 Å². The van der Waals surface area contributed by atoms with Crippen LogP contribution in [0.5, 0.6) is 0 Å². The van der Waals surface area contributed by atoms with Gasteiger partial charge in [-0.2, -0.15) is 0 Å². The molecule has 0 fully saturated rings. The molecule has 1 aromatic carbocycles. The van der Waals surface area contributed by atoms with Gasteiger partial charge in [-0.1, -0.05) is 17.7 Å².